The van der Waals surface area contributed by atoms with Crippen LogP contribution in [0.1, 0.15) is 29.6 Å². The molecule has 2 heterocycles. The maximum Gasteiger partial charge on any atom is 0.0579 e. The SMILES string of the molecule is CCc1ccc(C(C)Nc2cccnc2)s1. The van der Waals surface area contributed by atoms with Gasteiger partial charge >= 0.3 is 0 Å². The van der Waals surface area contributed by atoms with E-state index in [1.165, 1.54) is 9.75 Å². The van der Waals surface area contributed by atoms with Crippen LogP contribution in [0.3, 0.4) is 0 Å². The molecule has 84 valence electrons. The molecule has 0 bridgehead atoms. The fourth-order valence-electron chi connectivity index (χ4n) is 1.59. The molecule has 3 heteroatoms. The molecule has 0 saturated carbocycles. The fraction of sp³-hybridized carbons (Fsp3) is 0.308. The number of hydrogen-bond acceptors (Lipinski definition) is 3. The van der Waals surface area contributed by atoms with Gasteiger partial charge in [0.2, 0.25) is 0 Å². The molecule has 1 atom stereocenters. The van der Waals surface area contributed by atoms with Crippen molar-refractivity contribution in [3.05, 3.63) is 46.4 Å². The van der Waals surface area contributed by atoms with Crippen molar-refractivity contribution in [2.45, 2.75) is 26.3 Å². The first-order valence-electron chi connectivity index (χ1n) is 5.54. The van der Waals surface area contributed by atoms with Gasteiger partial charge in [-0.3, -0.25) is 4.98 Å². The lowest BCUT2D eigenvalue weighted by Gasteiger charge is -2.12. The topological polar surface area (TPSA) is 24.9 Å². The van der Waals surface area contributed by atoms with Gasteiger partial charge in [0, 0.05) is 22.1 Å². The molecule has 1 N–H and O–H groups in total. The van der Waals surface area contributed by atoms with Crippen LogP contribution < -0.4 is 5.32 Å². The predicted molar refractivity (Wildman–Crippen MR) is 70.0 cm³/mol. The highest BCUT2D eigenvalue weighted by Gasteiger charge is 2.07. The van der Waals surface area contributed by atoms with Crippen molar-refractivity contribution in [2.24, 2.45) is 0 Å². The third-order valence-corrected chi connectivity index (χ3v) is 3.91. The van der Waals surface area contributed by atoms with Crippen molar-refractivity contribution >= 4 is 17.0 Å². The molecule has 0 amide bonds. The molecule has 0 spiro atoms. The van der Waals surface area contributed by atoms with Crippen LogP contribution in [-0.2, 0) is 6.42 Å². The van der Waals surface area contributed by atoms with Gasteiger partial charge in [-0.2, -0.15) is 0 Å². The lowest BCUT2D eigenvalue weighted by Crippen LogP contribution is -2.04. The summed E-state index contributed by atoms with van der Waals surface area (Å²) < 4.78 is 0. The van der Waals surface area contributed by atoms with Crippen LogP contribution in [0.4, 0.5) is 5.69 Å². The highest BCUT2D eigenvalue weighted by Crippen LogP contribution is 2.26. The van der Waals surface area contributed by atoms with E-state index in [1.807, 2.05) is 29.7 Å². The molecule has 16 heavy (non-hydrogen) atoms. The predicted octanol–water partition coefficient (Wildman–Crippen LogP) is 3.88. The zero-order chi connectivity index (χ0) is 11.4. The zero-order valence-corrected chi connectivity index (χ0v) is 10.4. The summed E-state index contributed by atoms with van der Waals surface area (Å²) >= 11 is 1.88. The Morgan fingerprint density at radius 3 is 2.88 bits per heavy atom. The summed E-state index contributed by atoms with van der Waals surface area (Å²) in [5.41, 5.74) is 1.07. The molecular weight excluding hydrogens is 216 g/mol. The van der Waals surface area contributed by atoms with Crippen molar-refractivity contribution < 1.29 is 0 Å². The normalized spacial score (nSPS) is 12.4. The summed E-state index contributed by atoms with van der Waals surface area (Å²) in [7, 11) is 0. The number of nitrogens with zero attached hydrogens (tertiary/aromatic N) is 1. The summed E-state index contributed by atoms with van der Waals surface area (Å²) in [5, 5.41) is 3.44. The molecule has 2 rings (SSSR count). The molecule has 1 unspecified atom stereocenters. The van der Waals surface area contributed by atoms with Crippen molar-refractivity contribution in [2.75, 3.05) is 5.32 Å². The molecule has 0 fully saturated rings. The van der Waals surface area contributed by atoms with Gasteiger partial charge < -0.3 is 5.32 Å². The van der Waals surface area contributed by atoms with E-state index in [4.69, 9.17) is 0 Å². The summed E-state index contributed by atoms with van der Waals surface area (Å²) in [5.74, 6) is 0. The van der Waals surface area contributed by atoms with Gasteiger partial charge in [-0.1, -0.05) is 6.92 Å². The Balaban J connectivity index is 2.05. The second kappa shape index (κ2) is 5.12. The van der Waals surface area contributed by atoms with E-state index in [9.17, 15) is 0 Å². The first-order chi connectivity index (χ1) is 7.79. The van der Waals surface area contributed by atoms with E-state index in [1.54, 1.807) is 6.20 Å². The fourth-order valence-corrected chi connectivity index (χ4v) is 2.54. The van der Waals surface area contributed by atoms with Gasteiger partial charge in [0.15, 0.2) is 0 Å². The van der Waals surface area contributed by atoms with Crippen LogP contribution in [-0.4, -0.2) is 4.98 Å². The van der Waals surface area contributed by atoms with E-state index in [-0.39, 0.29) is 0 Å². The lowest BCUT2D eigenvalue weighted by atomic mass is 10.2. The highest BCUT2D eigenvalue weighted by molar-refractivity contribution is 7.12. The maximum atomic E-state index is 4.09. The molecule has 0 aliphatic rings. The lowest BCUT2D eigenvalue weighted by molar-refractivity contribution is 0.906. The molecule has 0 aromatic carbocycles. The van der Waals surface area contributed by atoms with Crippen LogP contribution in [0, 0.1) is 0 Å². The first-order valence-corrected chi connectivity index (χ1v) is 6.36. The average molecular weight is 232 g/mol. The number of aromatic nitrogens is 1. The summed E-state index contributed by atoms with van der Waals surface area (Å²) in [6.07, 6.45) is 4.76. The average Bonchev–Trinajstić information content (AvgIpc) is 2.79. The van der Waals surface area contributed by atoms with Crippen molar-refractivity contribution in [3.63, 3.8) is 0 Å². The molecule has 2 aromatic rings. The number of hydrogen-bond donors (Lipinski definition) is 1. The Hall–Kier alpha value is -1.35. The van der Waals surface area contributed by atoms with Gasteiger partial charge in [-0.25, -0.2) is 0 Å². The summed E-state index contributed by atoms with van der Waals surface area (Å²) in [6, 6.07) is 8.74. The zero-order valence-electron chi connectivity index (χ0n) is 9.60. The number of aryl methyl sites for hydroxylation is 1. The van der Waals surface area contributed by atoms with Crippen molar-refractivity contribution in [1.82, 2.24) is 4.98 Å². The van der Waals surface area contributed by atoms with Gasteiger partial charge in [-0.05, 0) is 37.6 Å². The molecule has 0 saturated heterocycles. The van der Waals surface area contributed by atoms with E-state index in [2.05, 4.69) is 36.3 Å². The van der Waals surface area contributed by atoms with Crippen molar-refractivity contribution in [1.29, 1.82) is 0 Å². The molecule has 2 aromatic heterocycles. The molecule has 2 nitrogen and oxygen atoms in total. The van der Waals surface area contributed by atoms with Gasteiger partial charge in [0.25, 0.3) is 0 Å². The van der Waals surface area contributed by atoms with Gasteiger partial charge in [-0.15, -0.1) is 11.3 Å². The third kappa shape index (κ3) is 2.61. The minimum atomic E-state index is 0.342. The third-order valence-electron chi connectivity index (χ3n) is 2.50. The standard InChI is InChI=1S/C13H16N2S/c1-3-12-6-7-13(16-12)10(2)15-11-5-4-8-14-9-11/h4-10,15H,3H2,1-2H3. The number of pyridine rings is 1. The van der Waals surface area contributed by atoms with Crippen LogP contribution in [0.5, 0.6) is 0 Å². The first kappa shape index (κ1) is 11.1. The van der Waals surface area contributed by atoms with Gasteiger partial charge in [0.05, 0.1) is 11.7 Å². The number of rotatable bonds is 4. The Morgan fingerprint density at radius 1 is 1.38 bits per heavy atom. The summed E-state index contributed by atoms with van der Waals surface area (Å²) in [6.45, 7) is 4.37. The van der Waals surface area contributed by atoms with E-state index < -0.39 is 0 Å². The smallest absolute Gasteiger partial charge is 0.0579 e. The second-order valence-corrected chi connectivity index (χ2v) is 4.97. The van der Waals surface area contributed by atoms with Crippen molar-refractivity contribution in [3.8, 4) is 0 Å². The Kier molecular flexibility index (Phi) is 3.57. The number of nitrogens with one attached hydrogen (secondary N) is 1. The number of thiophene rings is 1. The minimum absolute atomic E-state index is 0.342. The van der Waals surface area contributed by atoms with E-state index in [0.717, 1.165) is 12.1 Å². The van der Waals surface area contributed by atoms with Crippen LogP contribution in [0.2, 0.25) is 0 Å². The molecule has 0 aliphatic heterocycles. The van der Waals surface area contributed by atoms with Crippen LogP contribution in [0.25, 0.3) is 0 Å². The summed E-state index contributed by atoms with van der Waals surface area (Å²) in [4.78, 5) is 6.91. The van der Waals surface area contributed by atoms with E-state index >= 15 is 0 Å². The minimum Gasteiger partial charge on any atom is -0.376 e. The Labute approximate surface area is 100 Å². The van der Waals surface area contributed by atoms with Gasteiger partial charge in [0.1, 0.15) is 0 Å². The van der Waals surface area contributed by atoms with Crippen LogP contribution >= 0.6 is 11.3 Å². The van der Waals surface area contributed by atoms with Crippen LogP contribution in [0.15, 0.2) is 36.7 Å². The Morgan fingerprint density at radius 2 is 2.25 bits per heavy atom. The van der Waals surface area contributed by atoms with E-state index in [0.29, 0.717) is 6.04 Å². The molecule has 0 aliphatic carbocycles. The maximum absolute atomic E-state index is 4.09. The quantitative estimate of drug-likeness (QED) is 0.865. The Bertz CT molecular complexity index is 436. The highest BCUT2D eigenvalue weighted by atomic mass is 32.1. The number of anilines is 1. The largest absolute Gasteiger partial charge is 0.376 e. The monoisotopic (exact) mass is 232 g/mol. The molecule has 0 radical (unpaired) electrons. The molecular formula is C13H16N2S. The second-order valence-electron chi connectivity index (χ2n) is 3.77.